The third-order valence-electron chi connectivity index (χ3n) is 4.79. The highest BCUT2D eigenvalue weighted by molar-refractivity contribution is 6.31. The van der Waals surface area contributed by atoms with Crippen molar-refractivity contribution < 1.29 is 33.4 Å². The van der Waals surface area contributed by atoms with Gasteiger partial charge < -0.3 is 19.1 Å². The molecule has 32 heavy (non-hydrogen) atoms. The van der Waals surface area contributed by atoms with E-state index in [2.05, 4.69) is 11.9 Å². The first-order valence-corrected chi connectivity index (χ1v) is 10.2. The maximum Gasteiger partial charge on any atom is 0.331 e. The molecule has 2 fully saturated rings. The van der Waals surface area contributed by atoms with E-state index >= 15 is 0 Å². The molecule has 2 aliphatic rings. The molecule has 0 saturated carbocycles. The lowest BCUT2D eigenvalue weighted by atomic mass is 10.1. The SMILES string of the molecule is C=CCN1C(=O)NC(=O)/C(=C\c2ccc(OCC(=O)N3CCOCC3)c(OCC)c2)C1=O. The van der Waals surface area contributed by atoms with Gasteiger partial charge in [0.05, 0.1) is 19.8 Å². The van der Waals surface area contributed by atoms with Crippen molar-refractivity contribution in [2.24, 2.45) is 0 Å². The number of rotatable bonds is 8. The fourth-order valence-corrected chi connectivity index (χ4v) is 3.20. The number of benzene rings is 1. The molecule has 0 spiro atoms. The molecule has 3 rings (SSSR count). The van der Waals surface area contributed by atoms with Gasteiger partial charge in [-0.05, 0) is 30.7 Å². The molecule has 1 aromatic rings. The quantitative estimate of drug-likeness (QED) is 0.362. The highest BCUT2D eigenvalue weighted by Gasteiger charge is 2.34. The van der Waals surface area contributed by atoms with E-state index < -0.39 is 17.8 Å². The van der Waals surface area contributed by atoms with Crippen molar-refractivity contribution in [3.63, 3.8) is 0 Å². The lowest BCUT2D eigenvalue weighted by Crippen LogP contribution is -2.54. The first kappa shape index (κ1) is 23.0. The molecule has 10 nitrogen and oxygen atoms in total. The molecule has 2 heterocycles. The van der Waals surface area contributed by atoms with Crippen LogP contribution in [0.2, 0.25) is 0 Å². The molecule has 2 aliphatic heterocycles. The van der Waals surface area contributed by atoms with Gasteiger partial charge in [0.2, 0.25) is 0 Å². The Hall–Kier alpha value is -3.66. The molecule has 170 valence electrons. The number of hydrogen-bond acceptors (Lipinski definition) is 7. The molecule has 1 N–H and O–H groups in total. The molecule has 1 aromatic carbocycles. The zero-order valence-electron chi connectivity index (χ0n) is 17.8. The van der Waals surface area contributed by atoms with Gasteiger partial charge in [-0.1, -0.05) is 12.1 Å². The number of morpholine rings is 1. The van der Waals surface area contributed by atoms with Gasteiger partial charge in [-0.2, -0.15) is 0 Å². The smallest absolute Gasteiger partial charge is 0.331 e. The van der Waals surface area contributed by atoms with Crippen LogP contribution in [-0.4, -0.2) is 79.6 Å². The van der Waals surface area contributed by atoms with Gasteiger partial charge in [-0.3, -0.25) is 24.6 Å². The summed E-state index contributed by atoms with van der Waals surface area (Å²) in [6, 6.07) is 4.03. The number of carbonyl (C=O) groups excluding carboxylic acids is 4. The third kappa shape index (κ3) is 5.33. The summed E-state index contributed by atoms with van der Waals surface area (Å²) < 4.78 is 16.5. The third-order valence-corrected chi connectivity index (χ3v) is 4.79. The van der Waals surface area contributed by atoms with Crippen LogP contribution in [-0.2, 0) is 19.1 Å². The lowest BCUT2D eigenvalue weighted by Gasteiger charge is -2.26. The Balaban J connectivity index is 1.78. The fourth-order valence-electron chi connectivity index (χ4n) is 3.20. The number of amides is 5. The van der Waals surface area contributed by atoms with Gasteiger partial charge in [0.15, 0.2) is 18.1 Å². The van der Waals surface area contributed by atoms with Crippen molar-refractivity contribution >= 4 is 29.8 Å². The molecular formula is C22H25N3O7. The van der Waals surface area contributed by atoms with Crippen LogP contribution >= 0.6 is 0 Å². The van der Waals surface area contributed by atoms with Crippen LogP contribution in [0.5, 0.6) is 11.5 Å². The van der Waals surface area contributed by atoms with Crippen molar-refractivity contribution in [1.82, 2.24) is 15.1 Å². The summed E-state index contributed by atoms with van der Waals surface area (Å²) in [7, 11) is 0. The topological polar surface area (TPSA) is 114 Å². The standard InChI is InChI=1S/C22H25N3O7/c1-3-7-25-21(28)16(20(27)23-22(25)29)12-15-5-6-17(18(13-15)31-4-2)32-14-19(26)24-8-10-30-11-9-24/h3,5-6,12-13H,1,4,7-11,14H2,2H3,(H,23,27,29)/b16-12+. The summed E-state index contributed by atoms with van der Waals surface area (Å²) >= 11 is 0. The predicted molar refractivity (Wildman–Crippen MR) is 114 cm³/mol. The number of nitrogens with one attached hydrogen (secondary N) is 1. The number of imide groups is 2. The van der Waals surface area contributed by atoms with Gasteiger partial charge >= 0.3 is 6.03 Å². The second-order valence-corrected chi connectivity index (χ2v) is 6.94. The van der Waals surface area contributed by atoms with E-state index in [4.69, 9.17) is 14.2 Å². The van der Waals surface area contributed by atoms with Crippen molar-refractivity contribution in [1.29, 1.82) is 0 Å². The minimum Gasteiger partial charge on any atom is -0.490 e. The van der Waals surface area contributed by atoms with E-state index in [1.807, 2.05) is 0 Å². The molecule has 0 atom stereocenters. The molecular weight excluding hydrogens is 418 g/mol. The molecule has 0 unspecified atom stereocenters. The largest absolute Gasteiger partial charge is 0.490 e. The van der Waals surface area contributed by atoms with Crippen molar-refractivity contribution in [3.05, 3.63) is 42.0 Å². The summed E-state index contributed by atoms with van der Waals surface area (Å²) in [6.07, 6.45) is 2.76. The van der Waals surface area contributed by atoms with Crippen LogP contribution < -0.4 is 14.8 Å². The highest BCUT2D eigenvalue weighted by Crippen LogP contribution is 2.30. The first-order chi connectivity index (χ1) is 15.4. The van der Waals surface area contributed by atoms with Crippen molar-refractivity contribution in [2.45, 2.75) is 6.92 Å². The van der Waals surface area contributed by atoms with E-state index in [0.29, 0.717) is 50.0 Å². The second kappa shape index (κ2) is 10.6. The van der Waals surface area contributed by atoms with Crippen LogP contribution in [0.4, 0.5) is 4.79 Å². The van der Waals surface area contributed by atoms with Crippen LogP contribution in [0, 0.1) is 0 Å². The number of hydrogen-bond donors (Lipinski definition) is 1. The van der Waals surface area contributed by atoms with E-state index in [1.165, 1.54) is 12.2 Å². The monoisotopic (exact) mass is 443 g/mol. The maximum absolute atomic E-state index is 12.6. The van der Waals surface area contributed by atoms with E-state index in [1.54, 1.807) is 30.0 Å². The summed E-state index contributed by atoms with van der Waals surface area (Å²) in [6.45, 7) is 7.52. The Morgan fingerprint density at radius 3 is 2.62 bits per heavy atom. The van der Waals surface area contributed by atoms with Crippen molar-refractivity contribution in [3.8, 4) is 11.5 Å². The second-order valence-electron chi connectivity index (χ2n) is 6.94. The molecule has 10 heteroatoms. The summed E-state index contributed by atoms with van der Waals surface area (Å²) in [5.74, 6) is -0.932. The van der Waals surface area contributed by atoms with Gasteiger partial charge in [-0.25, -0.2) is 4.79 Å². The lowest BCUT2D eigenvalue weighted by molar-refractivity contribution is -0.137. The Morgan fingerprint density at radius 2 is 1.94 bits per heavy atom. The number of nitrogens with zero attached hydrogens (tertiary/aromatic N) is 2. The minimum atomic E-state index is -0.791. The number of carbonyl (C=O) groups is 4. The molecule has 2 saturated heterocycles. The van der Waals surface area contributed by atoms with E-state index in [-0.39, 0.29) is 24.6 Å². The minimum absolute atomic E-state index is 0.0244. The normalized spacial score (nSPS) is 17.9. The predicted octanol–water partition coefficient (Wildman–Crippen LogP) is 0.971. The number of barbiturate groups is 1. The number of urea groups is 1. The van der Waals surface area contributed by atoms with E-state index in [0.717, 1.165) is 4.90 Å². The van der Waals surface area contributed by atoms with Crippen LogP contribution in [0.15, 0.2) is 36.4 Å². The highest BCUT2D eigenvalue weighted by atomic mass is 16.5. The molecule has 0 aliphatic carbocycles. The summed E-state index contributed by atoms with van der Waals surface area (Å²) in [5.41, 5.74) is 0.303. The Bertz CT molecular complexity index is 951. The average molecular weight is 443 g/mol. The number of ether oxygens (including phenoxy) is 3. The van der Waals surface area contributed by atoms with Gasteiger partial charge in [0.25, 0.3) is 17.7 Å². The van der Waals surface area contributed by atoms with Crippen LogP contribution in [0.1, 0.15) is 12.5 Å². The Morgan fingerprint density at radius 1 is 1.19 bits per heavy atom. The van der Waals surface area contributed by atoms with Crippen LogP contribution in [0.3, 0.4) is 0 Å². The van der Waals surface area contributed by atoms with Gasteiger partial charge in [0.1, 0.15) is 5.57 Å². The van der Waals surface area contributed by atoms with E-state index in [9.17, 15) is 19.2 Å². The zero-order chi connectivity index (χ0) is 23.1. The molecule has 0 radical (unpaired) electrons. The first-order valence-electron chi connectivity index (χ1n) is 10.2. The molecule has 0 bridgehead atoms. The zero-order valence-corrected chi connectivity index (χ0v) is 17.8. The molecule has 0 aromatic heterocycles. The average Bonchev–Trinajstić information content (AvgIpc) is 2.79. The van der Waals surface area contributed by atoms with Crippen molar-refractivity contribution in [2.75, 3.05) is 46.1 Å². The van der Waals surface area contributed by atoms with Gasteiger partial charge in [-0.15, -0.1) is 6.58 Å². The Labute approximate surface area is 185 Å². The summed E-state index contributed by atoms with van der Waals surface area (Å²) in [5, 5.41) is 2.13. The Kier molecular flexibility index (Phi) is 7.61. The van der Waals surface area contributed by atoms with Crippen LogP contribution in [0.25, 0.3) is 6.08 Å². The maximum atomic E-state index is 12.6. The van der Waals surface area contributed by atoms with Gasteiger partial charge in [0, 0.05) is 19.6 Å². The fraction of sp³-hybridized carbons (Fsp3) is 0.364. The molecule has 5 amide bonds. The summed E-state index contributed by atoms with van der Waals surface area (Å²) in [4.78, 5) is 51.5.